The Kier molecular flexibility index (Phi) is 6.32. The summed E-state index contributed by atoms with van der Waals surface area (Å²) in [6, 6.07) is 9.78. The Morgan fingerprint density at radius 2 is 2.17 bits per heavy atom. The molecule has 1 amide bonds. The maximum absolute atomic E-state index is 12.3. The van der Waals surface area contributed by atoms with Gasteiger partial charge in [0.05, 0.1) is 17.8 Å². The van der Waals surface area contributed by atoms with E-state index < -0.39 is 0 Å². The monoisotopic (exact) mass is 345 g/mol. The maximum atomic E-state index is 12.3. The highest BCUT2D eigenvalue weighted by atomic mass is 32.2. The number of thioether (sulfide) groups is 1. The molecule has 0 atom stereocenters. The lowest BCUT2D eigenvalue weighted by Gasteiger charge is -2.30. The van der Waals surface area contributed by atoms with Crippen molar-refractivity contribution in [3.8, 4) is 0 Å². The SMILES string of the molecule is O=C(NCCSc1ccccn1)C1CCN(Cc2ccco2)CC1. The first-order chi connectivity index (χ1) is 11.8. The van der Waals surface area contributed by atoms with Crippen molar-refractivity contribution in [1.29, 1.82) is 0 Å². The molecule has 0 unspecified atom stereocenters. The van der Waals surface area contributed by atoms with Crippen molar-refractivity contribution in [3.63, 3.8) is 0 Å². The maximum Gasteiger partial charge on any atom is 0.223 e. The van der Waals surface area contributed by atoms with Crippen LogP contribution >= 0.6 is 11.8 Å². The molecule has 0 spiro atoms. The van der Waals surface area contributed by atoms with Crippen molar-refractivity contribution >= 4 is 17.7 Å². The van der Waals surface area contributed by atoms with Crippen LogP contribution in [0.4, 0.5) is 0 Å². The van der Waals surface area contributed by atoms with Gasteiger partial charge in [-0.2, -0.15) is 0 Å². The lowest BCUT2D eigenvalue weighted by Crippen LogP contribution is -2.40. The average molecular weight is 345 g/mol. The van der Waals surface area contributed by atoms with Gasteiger partial charge in [0.1, 0.15) is 5.76 Å². The molecular weight excluding hydrogens is 322 g/mol. The van der Waals surface area contributed by atoms with E-state index >= 15 is 0 Å². The number of piperidine rings is 1. The van der Waals surface area contributed by atoms with Crippen LogP contribution in [0.25, 0.3) is 0 Å². The van der Waals surface area contributed by atoms with Crippen LogP contribution in [0.5, 0.6) is 0 Å². The minimum absolute atomic E-state index is 0.137. The molecule has 0 bridgehead atoms. The van der Waals surface area contributed by atoms with Crippen molar-refractivity contribution in [2.45, 2.75) is 24.4 Å². The number of carbonyl (C=O) groups excluding carboxylic acids is 1. The minimum atomic E-state index is 0.137. The van der Waals surface area contributed by atoms with Crippen LogP contribution in [-0.4, -0.2) is 41.2 Å². The predicted octanol–water partition coefficient (Wildman–Crippen LogP) is 2.80. The summed E-state index contributed by atoms with van der Waals surface area (Å²) in [7, 11) is 0. The Balaban J connectivity index is 1.32. The van der Waals surface area contributed by atoms with Gasteiger partial charge in [-0.05, 0) is 50.2 Å². The number of aromatic nitrogens is 1. The van der Waals surface area contributed by atoms with Crippen LogP contribution in [0.15, 0.2) is 52.2 Å². The summed E-state index contributed by atoms with van der Waals surface area (Å²) >= 11 is 1.67. The molecule has 1 aliphatic heterocycles. The fraction of sp³-hybridized carbons (Fsp3) is 0.444. The van der Waals surface area contributed by atoms with Gasteiger partial charge in [-0.15, -0.1) is 11.8 Å². The van der Waals surface area contributed by atoms with E-state index in [-0.39, 0.29) is 11.8 Å². The van der Waals surface area contributed by atoms with Gasteiger partial charge in [-0.1, -0.05) is 6.07 Å². The third-order valence-electron chi connectivity index (χ3n) is 4.21. The van der Waals surface area contributed by atoms with Crippen molar-refractivity contribution < 1.29 is 9.21 Å². The molecule has 1 N–H and O–H groups in total. The molecule has 2 aromatic rings. The van der Waals surface area contributed by atoms with Crippen molar-refractivity contribution in [3.05, 3.63) is 48.6 Å². The quantitative estimate of drug-likeness (QED) is 0.618. The number of amides is 1. The van der Waals surface area contributed by atoms with Gasteiger partial charge in [-0.25, -0.2) is 4.98 Å². The molecular formula is C18H23N3O2S. The van der Waals surface area contributed by atoms with Crippen LogP contribution in [0, 0.1) is 5.92 Å². The molecule has 0 radical (unpaired) electrons. The van der Waals surface area contributed by atoms with Gasteiger partial charge in [0.2, 0.25) is 5.91 Å². The highest BCUT2D eigenvalue weighted by molar-refractivity contribution is 7.99. The zero-order valence-electron chi connectivity index (χ0n) is 13.7. The fourth-order valence-corrected chi connectivity index (χ4v) is 3.61. The van der Waals surface area contributed by atoms with Gasteiger partial charge < -0.3 is 9.73 Å². The third kappa shape index (κ3) is 5.11. The summed E-state index contributed by atoms with van der Waals surface area (Å²) in [5.41, 5.74) is 0. The standard InChI is InChI=1S/C18H23N3O2S/c22-18(20-9-13-24-17-5-1-2-8-19-17)15-6-10-21(11-7-15)14-16-4-3-12-23-16/h1-5,8,12,15H,6-7,9-11,13-14H2,(H,20,22). The van der Waals surface area contributed by atoms with Crippen LogP contribution in [0.3, 0.4) is 0 Å². The van der Waals surface area contributed by atoms with Gasteiger partial charge >= 0.3 is 0 Å². The van der Waals surface area contributed by atoms with E-state index in [0.29, 0.717) is 6.54 Å². The summed E-state index contributed by atoms with van der Waals surface area (Å²) in [6.07, 6.45) is 5.33. The van der Waals surface area contributed by atoms with Crippen molar-refractivity contribution in [1.82, 2.24) is 15.2 Å². The Morgan fingerprint density at radius 3 is 2.88 bits per heavy atom. The second-order valence-corrected chi connectivity index (χ2v) is 7.05. The number of nitrogens with one attached hydrogen (secondary N) is 1. The summed E-state index contributed by atoms with van der Waals surface area (Å²) < 4.78 is 5.38. The fourth-order valence-electron chi connectivity index (χ4n) is 2.88. The number of carbonyl (C=O) groups is 1. The minimum Gasteiger partial charge on any atom is -0.468 e. The van der Waals surface area contributed by atoms with Crippen molar-refractivity contribution in [2.24, 2.45) is 5.92 Å². The number of furan rings is 1. The van der Waals surface area contributed by atoms with E-state index in [9.17, 15) is 4.79 Å². The molecule has 0 aliphatic carbocycles. The molecule has 1 aliphatic rings. The molecule has 3 rings (SSSR count). The molecule has 3 heterocycles. The smallest absolute Gasteiger partial charge is 0.223 e. The third-order valence-corrected chi connectivity index (χ3v) is 5.15. The van der Waals surface area contributed by atoms with E-state index in [2.05, 4.69) is 15.2 Å². The number of rotatable bonds is 7. The molecule has 128 valence electrons. The molecule has 0 saturated carbocycles. The van der Waals surface area contributed by atoms with Crippen molar-refractivity contribution in [2.75, 3.05) is 25.4 Å². The molecule has 2 aromatic heterocycles. The van der Waals surface area contributed by atoms with Gasteiger partial charge in [-0.3, -0.25) is 9.69 Å². The average Bonchev–Trinajstić information content (AvgIpc) is 3.13. The predicted molar refractivity (Wildman–Crippen MR) is 94.7 cm³/mol. The summed E-state index contributed by atoms with van der Waals surface area (Å²) in [5.74, 6) is 2.16. The van der Waals surface area contributed by atoms with E-state index in [1.807, 2.05) is 30.3 Å². The second kappa shape index (κ2) is 8.89. The molecule has 0 aromatic carbocycles. The highest BCUT2D eigenvalue weighted by Gasteiger charge is 2.24. The number of nitrogens with zero attached hydrogens (tertiary/aromatic N) is 2. The Bertz CT molecular complexity index is 610. The van der Waals surface area contributed by atoms with Gasteiger partial charge in [0.15, 0.2) is 0 Å². The van der Waals surface area contributed by atoms with Gasteiger partial charge in [0.25, 0.3) is 0 Å². The lowest BCUT2D eigenvalue weighted by atomic mass is 9.96. The topological polar surface area (TPSA) is 58.4 Å². The Labute approximate surface area is 146 Å². The van der Waals surface area contributed by atoms with Crippen LogP contribution in [0.2, 0.25) is 0 Å². The zero-order chi connectivity index (χ0) is 16.6. The molecule has 5 nitrogen and oxygen atoms in total. The van der Waals surface area contributed by atoms with Crippen LogP contribution < -0.4 is 5.32 Å². The lowest BCUT2D eigenvalue weighted by molar-refractivity contribution is -0.126. The van der Waals surface area contributed by atoms with Crippen LogP contribution in [-0.2, 0) is 11.3 Å². The Morgan fingerprint density at radius 1 is 1.29 bits per heavy atom. The molecule has 1 saturated heterocycles. The highest BCUT2D eigenvalue weighted by Crippen LogP contribution is 2.19. The largest absolute Gasteiger partial charge is 0.468 e. The molecule has 24 heavy (non-hydrogen) atoms. The zero-order valence-corrected chi connectivity index (χ0v) is 14.5. The number of hydrogen-bond acceptors (Lipinski definition) is 5. The molecule has 6 heteroatoms. The van der Waals surface area contributed by atoms with E-state index in [4.69, 9.17) is 4.42 Å². The molecule has 1 fully saturated rings. The number of hydrogen-bond donors (Lipinski definition) is 1. The Hall–Kier alpha value is -1.79. The summed E-state index contributed by atoms with van der Waals surface area (Å²) in [6.45, 7) is 3.41. The van der Waals surface area contributed by atoms with Gasteiger partial charge in [0, 0.05) is 24.4 Å². The first kappa shape index (κ1) is 17.0. The van der Waals surface area contributed by atoms with E-state index in [0.717, 1.165) is 49.0 Å². The normalized spacial score (nSPS) is 16.2. The number of pyridine rings is 1. The van der Waals surface area contributed by atoms with E-state index in [1.165, 1.54) is 0 Å². The second-order valence-electron chi connectivity index (χ2n) is 5.94. The number of likely N-dealkylation sites (tertiary alicyclic amines) is 1. The van der Waals surface area contributed by atoms with Crippen LogP contribution in [0.1, 0.15) is 18.6 Å². The summed E-state index contributed by atoms with van der Waals surface area (Å²) in [5, 5.41) is 4.06. The van der Waals surface area contributed by atoms with E-state index in [1.54, 1.807) is 24.2 Å². The first-order valence-electron chi connectivity index (χ1n) is 8.37. The first-order valence-corrected chi connectivity index (χ1v) is 9.36. The summed E-state index contributed by atoms with van der Waals surface area (Å²) in [4.78, 5) is 18.9.